The topological polar surface area (TPSA) is 50.4 Å². The number of aliphatic imine (C=N–C) groups is 1. The van der Waals surface area contributed by atoms with Gasteiger partial charge in [-0.3, -0.25) is 4.99 Å². The molecule has 0 heterocycles. The fourth-order valence-corrected chi connectivity index (χ4v) is 2.00. The Morgan fingerprint density at radius 2 is 1.91 bits per heavy atom. The van der Waals surface area contributed by atoms with Gasteiger partial charge < -0.3 is 11.1 Å². The number of hydrogen-bond acceptors (Lipinski definition) is 1. The molecule has 0 aliphatic rings. The van der Waals surface area contributed by atoms with Crippen molar-refractivity contribution >= 4 is 35.6 Å². The molecule has 0 unspecified atom stereocenters. The highest BCUT2D eigenvalue weighted by molar-refractivity contribution is 14.0. The summed E-state index contributed by atoms with van der Waals surface area (Å²) in [6.07, 6.45) is 1.62. The Morgan fingerprint density at radius 1 is 1.18 bits per heavy atom. The molecule has 0 aliphatic carbocycles. The van der Waals surface area contributed by atoms with Gasteiger partial charge in [0.15, 0.2) is 5.96 Å². The molecule has 22 heavy (non-hydrogen) atoms. The van der Waals surface area contributed by atoms with Gasteiger partial charge in [-0.1, -0.05) is 29.8 Å². The Bertz CT molecular complexity index is 612. The zero-order valence-corrected chi connectivity index (χ0v) is 14.9. The summed E-state index contributed by atoms with van der Waals surface area (Å²) in [6, 6.07) is 14.6. The van der Waals surface area contributed by atoms with Crippen LogP contribution in [0.1, 0.15) is 17.5 Å². The van der Waals surface area contributed by atoms with E-state index in [1.807, 2.05) is 37.3 Å². The standard InChI is InChI=1S/C17H20FN3.HI/c1-13-7-9-16(10-8-13)21-17(19)20-11-3-5-14-4-2-6-15(18)12-14;/h2,4,6-10,12H,3,5,11H2,1H3,(H3,19,20,21);1H. The number of halogens is 2. The summed E-state index contributed by atoms with van der Waals surface area (Å²) in [5.41, 5.74) is 8.93. The van der Waals surface area contributed by atoms with Crippen molar-refractivity contribution in [2.24, 2.45) is 10.7 Å². The summed E-state index contributed by atoms with van der Waals surface area (Å²) in [5, 5.41) is 3.04. The maximum absolute atomic E-state index is 13.0. The molecule has 0 radical (unpaired) electrons. The second-order valence-corrected chi connectivity index (χ2v) is 4.99. The van der Waals surface area contributed by atoms with Crippen LogP contribution in [0.25, 0.3) is 0 Å². The average Bonchev–Trinajstić information content (AvgIpc) is 2.46. The van der Waals surface area contributed by atoms with Gasteiger partial charge in [-0.2, -0.15) is 0 Å². The number of aryl methyl sites for hydroxylation is 2. The molecule has 0 saturated heterocycles. The van der Waals surface area contributed by atoms with Gasteiger partial charge in [-0.05, 0) is 49.6 Å². The van der Waals surface area contributed by atoms with Crippen molar-refractivity contribution in [3.05, 3.63) is 65.5 Å². The number of hydrogen-bond donors (Lipinski definition) is 2. The molecule has 0 aliphatic heterocycles. The molecular formula is C17H21FIN3. The number of guanidine groups is 1. The Labute approximate surface area is 147 Å². The third-order valence-corrected chi connectivity index (χ3v) is 3.12. The van der Waals surface area contributed by atoms with E-state index in [9.17, 15) is 4.39 Å². The number of nitrogens with one attached hydrogen (secondary N) is 1. The third kappa shape index (κ3) is 6.43. The number of benzene rings is 2. The maximum atomic E-state index is 13.0. The highest BCUT2D eigenvalue weighted by Gasteiger charge is 1.97. The van der Waals surface area contributed by atoms with Gasteiger partial charge in [0.25, 0.3) is 0 Å². The molecule has 0 fully saturated rings. The Balaban J connectivity index is 0.00000242. The number of nitrogens with zero attached hydrogens (tertiary/aromatic N) is 1. The highest BCUT2D eigenvalue weighted by atomic mass is 127. The minimum atomic E-state index is -0.198. The van der Waals surface area contributed by atoms with Crippen LogP contribution in [0.3, 0.4) is 0 Å². The summed E-state index contributed by atoms with van der Waals surface area (Å²) < 4.78 is 13.0. The van der Waals surface area contributed by atoms with E-state index in [4.69, 9.17) is 5.73 Å². The lowest BCUT2D eigenvalue weighted by Crippen LogP contribution is -2.22. The van der Waals surface area contributed by atoms with E-state index in [0.717, 1.165) is 24.1 Å². The molecule has 3 N–H and O–H groups in total. The summed E-state index contributed by atoms with van der Waals surface area (Å²) >= 11 is 0. The first kappa shape index (κ1) is 18.4. The monoisotopic (exact) mass is 413 g/mol. The predicted octanol–water partition coefficient (Wildman–Crippen LogP) is 4.11. The lowest BCUT2D eigenvalue weighted by molar-refractivity contribution is 0.624. The van der Waals surface area contributed by atoms with E-state index in [1.54, 1.807) is 12.1 Å². The largest absolute Gasteiger partial charge is 0.370 e. The van der Waals surface area contributed by atoms with Crippen LogP contribution in [0.15, 0.2) is 53.5 Å². The van der Waals surface area contributed by atoms with Gasteiger partial charge in [0.05, 0.1) is 0 Å². The lowest BCUT2D eigenvalue weighted by atomic mass is 10.1. The van der Waals surface area contributed by atoms with Gasteiger partial charge in [0.1, 0.15) is 5.82 Å². The van der Waals surface area contributed by atoms with E-state index in [2.05, 4.69) is 10.3 Å². The van der Waals surface area contributed by atoms with Crippen LogP contribution in [-0.4, -0.2) is 12.5 Å². The van der Waals surface area contributed by atoms with Crippen LogP contribution in [-0.2, 0) is 6.42 Å². The Morgan fingerprint density at radius 3 is 2.59 bits per heavy atom. The predicted molar refractivity (Wildman–Crippen MR) is 101 cm³/mol. The average molecular weight is 413 g/mol. The molecule has 0 aromatic heterocycles. The molecule has 2 rings (SSSR count). The highest BCUT2D eigenvalue weighted by Crippen LogP contribution is 2.08. The second-order valence-electron chi connectivity index (χ2n) is 4.99. The van der Waals surface area contributed by atoms with E-state index in [0.29, 0.717) is 12.5 Å². The van der Waals surface area contributed by atoms with Crippen molar-refractivity contribution in [1.82, 2.24) is 0 Å². The lowest BCUT2D eigenvalue weighted by Gasteiger charge is -2.06. The molecule has 0 bridgehead atoms. The molecule has 2 aromatic rings. The van der Waals surface area contributed by atoms with Crippen LogP contribution in [0.4, 0.5) is 10.1 Å². The third-order valence-electron chi connectivity index (χ3n) is 3.12. The summed E-state index contributed by atoms with van der Waals surface area (Å²) in [7, 11) is 0. The Kier molecular flexibility index (Phi) is 7.87. The van der Waals surface area contributed by atoms with Crippen LogP contribution in [0.5, 0.6) is 0 Å². The van der Waals surface area contributed by atoms with Crippen molar-refractivity contribution < 1.29 is 4.39 Å². The number of nitrogens with two attached hydrogens (primary N) is 1. The summed E-state index contributed by atoms with van der Waals surface area (Å²) in [4.78, 5) is 4.27. The second kappa shape index (κ2) is 9.40. The van der Waals surface area contributed by atoms with Crippen molar-refractivity contribution in [2.45, 2.75) is 19.8 Å². The molecule has 0 amide bonds. The van der Waals surface area contributed by atoms with Crippen molar-refractivity contribution in [3.8, 4) is 0 Å². The molecule has 3 nitrogen and oxygen atoms in total. The minimum Gasteiger partial charge on any atom is -0.370 e. The van der Waals surface area contributed by atoms with Crippen molar-refractivity contribution in [3.63, 3.8) is 0 Å². The van der Waals surface area contributed by atoms with Crippen LogP contribution >= 0.6 is 24.0 Å². The fourth-order valence-electron chi connectivity index (χ4n) is 2.00. The first-order valence-corrected chi connectivity index (χ1v) is 7.01. The fraction of sp³-hybridized carbons (Fsp3) is 0.235. The van der Waals surface area contributed by atoms with Crippen molar-refractivity contribution in [1.29, 1.82) is 0 Å². The molecule has 0 atom stereocenters. The summed E-state index contributed by atoms with van der Waals surface area (Å²) in [6.45, 7) is 2.65. The molecule has 5 heteroatoms. The van der Waals surface area contributed by atoms with Crippen LogP contribution in [0.2, 0.25) is 0 Å². The minimum absolute atomic E-state index is 0. The van der Waals surface area contributed by atoms with Gasteiger partial charge in [-0.25, -0.2) is 4.39 Å². The van der Waals surface area contributed by atoms with Crippen LogP contribution in [0, 0.1) is 12.7 Å². The molecule has 118 valence electrons. The maximum Gasteiger partial charge on any atom is 0.193 e. The molecular weight excluding hydrogens is 392 g/mol. The molecule has 0 spiro atoms. The SMILES string of the molecule is Cc1ccc(NC(N)=NCCCc2cccc(F)c2)cc1.I. The first-order chi connectivity index (χ1) is 10.1. The van der Waals surface area contributed by atoms with Crippen LogP contribution < -0.4 is 11.1 Å². The summed E-state index contributed by atoms with van der Waals surface area (Å²) in [5.74, 6) is 0.203. The van der Waals surface area contributed by atoms with E-state index >= 15 is 0 Å². The van der Waals surface area contributed by atoms with Crippen molar-refractivity contribution in [2.75, 3.05) is 11.9 Å². The normalized spacial score (nSPS) is 10.9. The van der Waals surface area contributed by atoms with E-state index < -0.39 is 0 Å². The smallest absolute Gasteiger partial charge is 0.193 e. The van der Waals surface area contributed by atoms with Gasteiger partial charge in [-0.15, -0.1) is 24.0 Å². The first-order valence-electron chi connectivity index (χ1n) is 7.01. The number of rotatable bonds is 5. The van der Waals surface area contributed by atoms with Gasteiger partial charge in [0, 0.05) is 12.2 Å². The van der Waals surface area contributed by atoms with E-state index in [1.165, 1.54) is 11.6 Å². The van der Waals surface area contributed by atoms with E-state index in [-0.39, 0.29) is 29.8 Å². The van der Waals surface area contributed by atoms with Gasteiger partial charge in [0.2, 0.25) is 0 Å². The zero-order valence-electron chi connectivity index (χ0n) is 12.6. The molecule has 0 saturated carbocycles. The van der Waals surface area contributed by atoms with Gasteiger partial charge >= 0.3 is 0 Å². The zero-order chi connectivity index (χ0) is 15.1. The Hall–Kier alpha value is -1.63. The number of anilines is 1. The quantitative estimate of drug-likeness (QED) is 0.336. The molecule has 2 aromatic carbocycles.